The molecule has 0 bridgehead atoms. The first-order chi connectivity index (χ1) is 13.6. The second kappa shape index (κ2) is 16.9. The van der Waals surface area contributed by atoms with Crippen molar-refractivity contribution in [1.29, 1.82) is 0 Å². The van der Waals surface area contributed by atoms with Crippen LogP contribution in [-0.4, -0.2) is 6.54 Å². The van der Waals surface area contributed by atoms with Gasteiger partial charge in [-0.1, -0.05) is 89.0 Å². The lowest BCUT2D eigenvalue weighted by Gasteiger charge is -2.08. The van der Waals surface area contributed by atoms with Gasteiger partial charge in [0, 0.05) is 26.9 Å². The lowest BCUT2D eigenvalue weighted by molar-refractivity contribution is 0.560. The van der Waals surface area contributed by atoms with Gasteiger partial charge in [-0.05, 0) is 62.5 Å². The summed E-state index contributed by atoms with van der Waals surface area (Å²) in [5.74, 6) is 0. The fraction of sp³-hybridized carbons (Fsp3) is 0.500. The number of hydrogen-bond donors (Lipinski definition) is 2. The van der Waals surface area contributed by atoms with Gasteiger partial charge in [-0.2, -0.15) is 0 Å². The zero-order valence-electron chi connectivity index (χ0n) is 17.2. The average molecular weight is 512 g/mol. The number of benzene rings is 2. The molecule has 0 atom stereocenters. The number of rotatable bonds is 12. The van der Waals surface area contributed by atoms with Gasteiger partial charge in [0.25, 0.3) is 0 Å². The van der Waals surface area contributed by atoms with Gasteiger partial charge in [-0.25, -0.2) is 0 Å². The van der Waals surface area contributed by atoms with Crippen LogP contribution in [0, 0.1) is 0 Å². The molecular weight excluding hydrogens is 476 g/mol. The van der Waals surface area contributed by atoms with Gasteiger partial charge in [-0.3, -0.25) is 0 Å². The molecule has 0 aliphatic carbocycles. The van der Waals surface area contributed by atoms with Gasteiger partial charge in [0.1, 0.15) is 0 Å². The van der Waals surface area contributed by atoms with Gasteiger partial charge < -0.3 is 11.1 Å². The van der Waals surface area contributed by atoms with E-state index >= 15 is 0 Å². The van der Waals surface area contributed by atoms with E-state index in [0.717, 1.165) is 21.2 Å². The summed E-state index contributed by atoms with van der Waals surface area (Å²) in [6.07, 6.45) is 14.0. The van der Waals surface area contributed by atoms with E-state index < -0.39 is 0 Å². The SMILES string of the molecule is CCCCCCCCCCCCNc1ccccc1Br.Nc1ccccc1Br. The summed E-state index contributed by atoms with van der Waals surface area (Å²) in [7, 11) is 0. The van der Waals surface area contributed by atoms with E-state index in [9.17, 15) is 0 Å². The highest BCUT2D eigenvalue weighted by atomic mass is 79.9. The first-order valence-corrected chi connectivity index (χ1v) is 12.2. The van der Waals surface area contributed by atoms with Crippen LogP contribution in [0.2, 0.25) is 0 Å². The van der Waals surface area contributed by atoms with Gasteiger partial charge in [0.05, 0.1) is 0 Å². The number of hydrogen-bond acceptors (Lipinski definition) is 2. The maximum Gasteiger partial charge on any atom is 0.0484 e. The number of halogens is 2. The molecule has 156 valence electrons. The molecule has 0 saturated heterocycles. The quantitative estimate of drug-likeness (QED) is 0.220. The van der Waals surface area contributed by atoms with Gasteiger partial charge in [0.2, 0.25) is 0 Å². The number of para-hydroxylation sites is 2. The monoisotopic (exact) mass is 510 g/mol. The van der Waals surface area contributed by atoms with Crippen molar-refractivity contribution in [2.75, 3.05) is 17.6 Å². The first-order valence-electron chi connectivity index (χ1n) is 10.6. The first kappa shape index (κ1) is 25.0. The molecule has 0 radical (unpaired) electrons. The molecule has 0 aliphatic heterocycles. The molecule has 0 fully saturated rings. The van der Waals surface area contributed by atoms with E-state index in [1.165, 1.54) is 69.9 Å². The van der Waals surface area contributed by atoms with Crippen molar-refractivity contribution in [3.63, 3.8) is 0 Å². The van der Waals surface area contributed by atoms with Crippen LogP contribution in [0.5, 0.6) is 0 Å². The van der Waals surface area contributed by atoms with Crippen molar-refractivity contribution in [3.05, 3.63) is 57.5 Å². The van der Waals surface area contributed by atoms with Crippen LogP contribution in [0.25, 0.3) is 0 Å². The van der Waals surface area contributed by atoms with Crippen LogP contribution in [-0.2, 0) is 0 Å². The number of unbranched alkanes of at least 4 members (excludes halogenated alkanes) is 9. The van der Waals surface area contributed by atoms with Crippen LogP contribution in [0.15, 0.2) is 57.5 Å². The summed E-state index contributed by atoms with van der Waals surface area (Å²) < 4.78 is 2.12. The summed E-state index contributed by atoms with van der Waals surface area (Å²) in [4.78, 5) is 0. The third-order valence-corrected chi connectivity index (χ3v) is 6.04. The summed E-state index contributed by atoms with van der Waals surface area (Å²) >= 11 is 6.83. The Morgan fingerprint density at radius 3 is 1.68 bits per heavy atom. The maximum atomic E-state index is 5.47. The smallest absolute Gasteiger partial charge is 0.0484 e. The van der Waals surface area contributed by atoms with Crippen LogP contribution in [0.1, 0.15) is 71.1 Å². The molecular formula is C24H36Br2N2. The Morgan fingerprint density at radius 2 is 1.18 bits per heavy atom. The third-order valence-electron chi connectivity index (χ3n) is 4.62. The minimum atomic E-state index is 0.785. The molecule has 0 saturated carbocycles. The van der Waals surface area contributed by atoms with Gasteiger partial charge in [-0.15, -0.1) is 0 Å². The predicted molar refractivity (Wildman–Crippen MR) is 133 cm³/mol. The summed E-state index contributed by atoms with van der Waals surface area (Å²) in [5, 5.41) is 3.49. The van der Waals surface area contributed by atoms with E-state index in [0.29, 0.717) is 0 Å². The normalized spacial score (nSPS) is 10.2. The topological polar surface area (TPSA) is 38.0 Å². The van der Waals surface area contributed by atoms with Crippen molar-refractivity contribution in [2.24, 2.45) is 0 Å². The summed E-state index contributed by atoms with van der Waals surface area (Å²) in [5.41, 5.74) is 7.47. The van der Waals surface area contributed by atoms with E-state index in [-0.39, 0.29) is 0 Å². The van der Waals surface area contributed by atoms with Crippen molar-refractivity contribution in [3.8, 4) is 0 Å². The number of nitrogens with two attached hydrogens (primary N) is 1. The Balaban J connectivity index is 0.000000406. The molecule has 2 rings (SSSR count). The maximum absolute atomic E-state index is 5.47. The molecule has 28 heavy (non-hydrogen) atoms. The Kier molecular flexibility index (Phi) is 15.1. The molecule has 0 spiro atoms. The van der Waals surface area contributed by atoms with Crippen molar-refractivity contribution in [1.82, 2.24) is 0 Å². The van der Waals surface area contributed by atoms with E-state index in [4.69, 9.17) is 5.73 Å². The molecule has 0 amide bonds. The fourth-order valence-corrected chi connectivity index (χ4v) is 3.62. The average Bonchev–Trinajstić information content (AvgIpc) is 2.70. The molecule has 2 aromatic carbocycles. The molecule has 0 unspecified atom stereocenters. The molecule has 2 nitrogen and oxygen atoms in total. The molecule has 4 heteroatoms. The summed E-state index contributed by atoms with van der Waals surface area (Å²) in [6.45, 7) is 3.36. The fourth-order valence-electron chi connectivity index (χ4n) is 2.92. The van der Waals surface area contributed by atoms with Crippen LogP contribution < -0.4 is 11.1 Å². The Bertz CT molecular complexity index is 611. The predicted octanol–water partition coefficient (Wildman–Crippen LogP) is 8.81. The third kappa shape index (κ3) is 12.5. The zero-order valence-corrected chi connectivity index (χ0v) is 20.4. The zero-order chi connectivity index (χ0) is 20.5. The summed E-state index contributed by atoms with van der Waals surface area (Å²) in [6, 6.07) is 15.9. The highest BCUT2D eigenvalue weighted by Gasteiger charge is 1.97. The molecule has 2 aromatic rings. The van der Waals surface area contributed by atoms with E-state index in [2.05, 4.69) is 68.4 Å². The minimum absolute atomic E-state index is 0.785. The van der Waals surface area contributed by atoms with Crippen LogP contribution >= 0.6 is 31.9 Å². The highest BCUT2D eigenvalue weighted by Crippen LogP contribution is 2.21. The minimum Gasteiger partial charge on any atom is -0.398 e. The van der Waals surface area contributed by atoms with Gasteiger partial charge >= 0.3 is 0 Å². The molecule has 0 heterocycles. The van der Waals surface area contributed by atoms with Crippen LogP contribution in [0.4, 0.5) is 11.4 Å². The second-order valence-corrected chi connectivity index (χ2v) is 8.82. The number of nitrogens with one attached hydrogen (secondary N) is 1. The highest BCUT2D eigenvalue weighted by molar-refractivity contribution is 9.11. The second-order valence-electron chi connectivity index (χ2n) is 7.11. The number of anilines is 2. The van der Waals surface area contributed by atoms with Crippen molar-refractivity contribution < 1.29 is 0 Å². The lowest BCUT2D eigenvalue weighted by atomic mass is 10.1. The van der Waals surface area contributed by atoms with E-state index in [1.807, 2.05) is 24.3 Å². The Morgan fingerprint density at radius 1 is 0.679 bits per heavy atom. The number of nitrogen functional groups attached to an aromatic ring is 1. The molecule has 0 aliphatic rings. The van der Waals surface area contributed by atoms with E-state index in [1.54, 1.807) is 0 Å². The van der Waals surface area contributed by atoms with Gasteiger partial charge in [0.15, 0.2) is 0 Å². The lowest BCUT2D eigenvalue weighted by Crippen LogP contribution is -2.01. The van der Waals surface area contributed by atoms with Crippen LogP contribution in [0.3, 0.4) is 0 Å². The Labute approximate surface area is 188 Å². The molecule has 3 N–H and O–H groups in total. The molecule has 0 aromatic heterocycles. The standard InChI is InChI=1S/C18H30BrN.C6H6BrN/c1-2-3-4-5-6-7-8-9-10-13-16-20-18-15-12-11-14-17(18)19;7-5-3-1-2-4-6(5)8/h11-12,14-15,20H,2-10,13,16H2,1H3;1-4H,8H2. The Hall–Kier alpha value is -1.00. The van der Waals surface area contributed by atoms with Crippen molar-refractivity contribution in [2.45, 2.75) is 71.1 Å². The van der Waals surface area contributed by atoms with Crippen molar-refractivity contribution >= 4 is 43.2 Å². The largest absolute Gasteiger partial charge is 0.398 e.